The van der Waals surface area contributed by atoms with Gasteiger partial charge in [0, 0.05) is 32.1 Å². The van der Waals surface area contributed by atoms with Crippen LogP contribution in [0.3, 0.4) is 0 Å². The molecule has 1 unspecified atom stereocenters. The number of piperazine rings is 1. The van der Waals surface area contributed by atoms with Crippen LogP contribution >= 0.6 is 0 Å². The van der Waals surface area contributed by atoms with Gasteiger partial charge in [-0.1, -0.05) is 11.6 Å². The van der Waals surface area contributed by atoms with Crippen molar-refractivity contribution in [2.24, 2.45) is 17.6 Å². The van der Waals surface area contributed by atoms with E-state index in [1.165, 1.54) is 0 Å². The molecule has 1 aliphatic carbocycles. The van der Waals surface area contributed by atoms with Crippen LogP contribution in [-0.4, -0.2) is 58.6 Å². The number of nitrogens with two attached hydrogens (primary N) is 1. The summed E-state index contributed by atoms with van der Waals surface area (Å²) in [4.78, 5) is 21.4. The van der Waals surface area contributed by atoms with E-state index in [9.17, 15) is 4.79 Å². The lowest BCUT2D eigenvalue weighted by molar-refractivity contribution is -0.138. The molecule has 1 aliphatic heterocycles. The molecule has 1 saturated heterocycles. The minimum atomic E-state index is 0.0942. The number of carbonyl (C=O) groups excluding carboxylic acids is 1. The van der Waals surface area contributed by atoms with E-state index in [1.54, 1.807) is 0 Å². The van der Waals surface area contributed by atoms with Crippen molar-refractivity contribution in [3.05, 3.63) is 11.7 Å². The van der Waals surface area contributed by atoms with E-state index in [2.05, 4.69) is 22.0 Å². The highest BCUT2D eigenvalue weighted by molar-refractivity contribution is 5.79. The standard InChI is InChI=1S/C16H27N5O2/c1-11(15-18-12(2)19-23-15)20-6-8-21(9-7-20)16(22)14-5-3-4-13(14)10-17/h11,13-14H,3-10,17H2,1-2H3/t11?,13-,14-/m1/s1. The Bertz CT molecular complexity index is 538. The van der Waals surface area contributed by atoms with Crippen LogP contribution < -0.4 is 5.73 Å². The highest BCUT2D eigenvalue weighted by atomic mass is 16.5. The number of rotatable bonds is 4. The summed E-state index contributed by atoms with van der Waals surface area (Å²) < 4.78 is 5.27. The summed E-state index contributed by atoms with van der Waals surface area (Å²) in [5.74, 6) is 2.14. The smallest absolute Gasteiger partial charge is 0.243 e. The van der Waals surface area contributed by atoms with Gasteiger partial charge in [-0.3, -0.25) is 9.69 Å². The normalized spacial score (nSPS) is 27.3. The Morgan fingerprint density at radius 1 is 1.35 bits per heavy atom. The first-order chi connectivity index (χ1) is 11.1. The van der Waals surface area contributed by atoms with Gasteiger partial charge in [-0.25, -0.2) is 0 Å². The molecule has 2 heterocycles. The number of amides is 1. The average molecular weight is 321 g/mol. The van der Waals surface area contributed by atoms with Gasteiger partial charge in [-0.05, 0) is 39.2 Å². The summed E-state index contributed by atoms with van der Waals surface area (Å²) in [6.45, 7) is 7.75. The van der Waals surface area contributed by atoms with E-state index in [0.29, 0.717) is 30.1 Å². The molecule has 2 fully saturated rings. The van der Waals surface area contributed by atoms with Crippen molar-refractivity contribution < 1.29 is 9.32 Å². The van der Waals surface area contributed by atoms with Crippen LogP contribution in [0.4, 0.5) is 0 Å². The summed E-state index contributed by atoms with van der Waals surface area (Å²) in [6, 6.07) is 0.0942. The molecule has 2 N–H and O–H groups in total. The molecule has 23 heavy (non-hydrogen) atoms. The van der Waals surface area contributed by atoms with Gasteiger partial charge in [-0.2, -0.15) is 4.98 Å². The molecule has 3 atom stereocenters. The molecule has 1 saturated carbocycles. The van der Waals surface area contributed by atoms with E-state index in [4.69, 9.17) is 10.3 Å². The van der Waals surface area contributed by atoms with Crippen LogP contribution in [0, 0.1) is 18.8 Å². The van der Waals surface area contributed by atoms with Gasteiger partial charge < -0.3 is 15.2 Å². The lowest BCUT2D eigenvalue weighted by atomic mass is 9.94. The van der Waals surface area contributed by atoms with Crippen LogP contribution in [0.2, 0.25) is 0 Å². The largest absolute Gasteiger partial charge is 0.340 e. The molecule has 3 rings (SSSR count). The van der Waals surface area contributed by atoms with Crippen LogP contribution in [-0.2, 0) is 4.79 Å². The molecule has 0 spiro atoms. The van der Waals surface area contributed by atoms with Crippen molar-refractivity contribution in [1.29, 1.82) is 0 Å². The Labute approximate surface area is 137 Å². The van der Waals surface area contributed by atoms with E-state index in [0.717, 1.165) is 45.4 Å². The van der Waals surface area contributed by atoms with Crippen molar-refractivity contribution in [1.82, 2.24) is 19.9 Å². The third kappa shape index (κ3) is 3.40. The summed E-state index contributed by atoms with van der Waals surface area (Å²) in [6.07, 6.45) is 3.23. The number of hydrogen-bond donors (Lipinski definition) is 1. The summed E-state index contributed by atoms with van der Waals surface area (Å²) in [5.41, 5.74) is 5.82. The first-order valence-electron chi connectivity index (χ1n) is 8.63. The van der Waals surface area contributed by atoms with Crippen molar-refractivity contribution in [2.45, 2.75) is 39.2 Å². The highest BCUT2D eigenvalue weighted by Gasteiger charge is 2.36. The summed E-state index contributed by atoms with van der Waals surface area (Å²) in [7, 11) is 0. The maximum Gasteiger partial charge on any atom is 0.243 e. The second-order valence-corrected chi connectivity index (χ2v) is 6.75. The number of nitrogens with zero attached hydrogens (tertiary/aromatic N) is 4. The molecule has 7 heteroatoms. The van der Waals surface area contributed by atoms with Crippen molar-refractivity contribution >= 4 is 5.91 Å². The lowest BCUT2D eigenvalue weighted by Crippen LogP contribution is -2.51. The number of hydrogen-bond acceptors (Lipinski definition) is 6. The van der Waals surface area contributed by atoms with Crippen LogP contribution in [0.15, 0.2) is 4.52 Å². The Hall–Kier alpha value is -1.47. The zero-order chi connectivity index (χ0) is 16.4. The first-order valence-corrected chi connectivity index (χ1v) is 8.63. The van der Waals surface area contributed by atoms with Crippen molar-refractivity contribution in [3.63, 3.8) is 0 Å². The highest BCUT2D eigenvalue weighted by Crippen LogP contribution is 2.33. The van der Waals surface area contributed by atoms with Crippen LogP contribution in [0.5, 0.6) is 0 Å². The SMILES string of the molecule is Cc1noc(C(C)N2CCN(C(=O)[C@@H]3CCC[C@@H]3CN)CC2)n1. The number of carbonyl (C=O) groups is 1. The fourth-order valence-corrected chi connectivity index (χ4v) is 3.85. The summed E-state index contributed by atoms with van der Waals surface area (Å²) in [5, 5.41) is 3.86. The predicted octanol–water partition coefficient (Wildman–Crippen LogP) is 0.958. The third-order valence-electron chi connectivity index (χ3n) is 5.35. The maximum absolute atomic E-state index is 12.7. The molecule has 1 amide bonds. The van der Waals surface area contributed by atoms with Gasteiger partial charge in [-0.15, -0.1) is 0 Å². The molecule has 7 nitrogen and oxygen atoms in total. The van der Waals surface area contributed by atoms with E-state index < -0.39 is 0 Å². The van der Waals surface area contributed by atoms with Gasteiger partial charge >= 0.3 is 0 Å². The quantitative estimate of drug-likeness (QED) is 0.888. The van der Waals surface area contributed by atoms with Gasteiger partial charge in [0.05, 0.1) is 6.04 Å². The van der Waals surface area contributed by atoms with Gasteiger partial charge in [0.25, 0.3) is 0 Å². The molecular weight excluding hydrogens is 294 g/mol. The monoisotopic (exact) mass is 321 g/mol. The minimum absolute atomic E-state index is 0.0942. The van der Waals surface area contributed by atoms with Crippen LogP contribution in [0.25, 0.3) is 0 Å². The Kier molecular flexibility index (Phi) is 4.96. The maximum atomic E-state index is 12.7. The minimum Gasteiger partial charge on any atom is -0.340 e. The van der Waals surface area contributed by atoms with E-state index >= 15 is 0 Å². The number of aryl methyl sites for hydroxylation is 1. The zero-order valence-electron chi connectivity index (χ0n) is 14.1. The Morgan fingerprint density at radius 3 is 2.70 bits per heavy atom. The summed E-state index contributed by atoms with van der Waals surface area (Å²) >= 11 is 0. The van der Waals surface area contributed by atoms with Gasteiger partial charge in [0.2, 0.25) is 11.8 Å². The zero-order valence-corrected chi connectivity index (χ0v) is 14.1. The molecule has 0 bridgehead atoms. The molecule has 2 aliphatic rings. The lowest BCUT2D eigenvalue weighted by Gasteiger charge is -2.38. The fraction of sp³-hybridized carbons (Fsp3) is 0.812. The molecule has 1 aromatic rings. The molecule has 1 aromatic heterocycles. The Morgan fingerprint density at radius 2 is 2.09 bits per heavy atom. The number of aromatic nitrogens is 2. The van der Waals surface area contributed by atoms with Crippen molar-refractivity contribution in [2.75, 3.05) is 32.7 Å². The molecular formula is C16H27N5O2. The van der Waals surface area contributed by atoms with Crippen LogP contribution in [0.1, 0.15) is 43.9 Å². The molecule has 128 valence electrons. The van der Waals surface area contributed by atoms with E-state index in [-0.39, 0.29) is 12.0 Å². The Balaban J connectivity index is 1.55. The fourth-order valence-electron chi connectivity index (χ4n) is 3.85. The van der Waals surface area contributed by atoms with Gasteiger partial charge in [0.15, 0.2) is 5.82 Å². The first kappa shape index (κ1) is 16.4. The van der Waals surface area contributed by atoms with Crippen molar-refractivity contribution in [3.8, 4) is 0 Å². The van der Waals surface area contributed by atoms with E-state index in [1.807, 2.05) is 11.8 Å². The average Bonchev–Trinajstić information content (AvgIpc) is 3.22. The predicted molar refractivity (Wildman–Crippen MR) is 85.5 cm³/mol. The van der Waals surface area contributed by atoms with Gasteiger partial charge in [0.1, 0.15) is 0 Å². The molecule has 0 radical (unpaired) electrons. The third-order valence-corrected chi connectivity index (χ3v) is 5.35. The second kappa shape index (κ2) is 6.97. The second-order valence-electron chi connectivity index (χ2n) is 6.75. The topological polar surface area (TPSA) is 88.5 Å². The molecule has 0 aromatic carbocycles.